The van der Waals surface area contributed by atoms with Crippen molar-refractivity contribution >= 4 is 0 Å². The summed E-state index contributed by atoms with van der Waals surface area (Å²) in [4.78, 5) is 0. The van der Waals surface area contributed by atoms with Crippen LogP contribution in [0, 0.1) is 24.8 Å². The number of hydrogen-bond donors (Lipinski definition) is 0. The Morgan fingerprint density at radius 1 is 1.33 bits per heavy atom. The molecule has 0 aliphatic rings. The summed E-state index contributed by atoms with van der Waals surface area (Å²) in [6, 6.07) is 0. The van der Waals surface area contributed by atoms with Gasteiger partial charge in [-0.05, 0) is 12.5 Å². The fourth-order valence-corrected chi connectivity index (χ4v) is 0.769. The Hall–Kier alpha value is 0.644. The van der Waals surface area contributed by atoms with Crippen molar-refractivity contribution in [2.75, 3.05) is 6.61 Å². The molecular formula is C10H18OY-2. The van der Waals surface area contributed by atoms with Crippen LogP contribution in [0.3, 0.4) is 0 Å². The van der Waals surface area contributed by atoms with Crippen LogP contribution in [0.1, 0.15) is 27.7 Å². The zero-order valence-electron chi connectivity index (χ0n) is 8.55. The summed E-state index contributed by atoms with van der Waals surface area (Å²) in [6.45, 7) is 12.5. The first kappa shape index (κ1) is 15.1. The van der Waals surface area contributed by atoms with E-state index >= 15 is 0 Å². The van der Waals surface area contributed by atoms with Gasteiger partial charge in [-0.25, -0.2) is 0 Å². The zero-order chi connectivity index (χ0) is 8.85. The average molecular weight is 243 g/mol. The minimum Gasteiger partial charge on any atom is -0.566 e. The Kier molecular flexibility index (Phi) is 10.4. The van der Waals surface area contributed by atoms with E-state index in [2.05, 4.69) is 40.7 Å². The molecule has 1 radical (unpaired) electrons. The summed E-state index contributed by atoms with van der Waals surface area (Å²) in [7, 11) is 0. The van der Waals surface area contributed by atoms with Crippen molar-refractivity contribution in [2.45, 2.75) is 27.7 Å². The van der Waals surface area contributed by atoms with Gasteiger partial charge in [-0.2, -0.15) is 5.92 Å². The SMILES string of the molecule is [CH2-]COC(=[C-]C(C)C)C(C)C.[Y]. The van der Waals surface area contributed by atoms with Gasteiger partial charge in [0.15, 0.2) is 0 Å². The van der Waals surface area contributed by atoms with E-state index in [1.807, 2.05) is 0 Å². The molecule has 69 valence electrons. The molecule has 0 spiro atoms. The largest absolute Gasteiger partial charge is 0.566 e. The predicted octanol–water partition coefficient (Wildman–Crippen LogP) is 2.83. The van der Waals surface area contributed by atoms with Crippen LogP contribution in [0.5, 0.6) is 0 Å². The molecule has 0 N–H and O–H groups in total. The minimum absolute atomic E-state index is 0. The van der Waals surface area contributed by atoms with Crippen LogP contribution in [-0.2, 0) is 37.4 Å². The number of allylic oxidation sites excluding steroid dienone is 2. The van der Waals surface area contributed by atoms with E-state index < -0.39 is 0 Å². The summed E-state index contributed by atoms with van der Waals surface area (Å²) < 4.78 is 5.31. The van der Waals surface area contributed by atoms with Gasteiger partial charge < -0.3 is 17.7 Å². The molecule has 1 nitrogen and oxygen atoms in total. The predicted molar refractivity (Wildman–Crippen MR) is 47.7 cm³/mol. The molecule has 0 fully saturated rings. The molecule has 0 aliphatic heterocycles. The average Bonchev–Trinajstić information content (AvgIpc) is 1.86. The molecule has 0 unspecified atom stereocenters. The van der Waals surface area contributed by atoms with Crippen molar-refractivity contribution in [1.29, 1.82) is 0 Å². The van der Waals surface area contributed by atoms with Crippen molar-refractivity contribution in [3.05, 3.63) is 18.8 Å². The maximum Gasteiger partial charge on any atom is 0 e. The van der Waals surface area contributed by atoms with Gasteiger partial charge in [0.2, 0.25) is 0 Å². The normalized spacial score (nSPS) is 11.8. The summed E-state index contributed by atoms with van der Waals surface area (Å²) in [5.74, 6) is 1.79. The van der Waals surface area contributed by atoms with Crippen molar-refractivity contribution in [1.82, 2.24) is 0 Å². The van der Waals surface area contributed by atoms with Crippen LogP contribution in [0.15, 0.2) is 5.76 Å². The fraction of sp³-hybridized carbons (Fsp3) is 0.700. The third-order valence-electron chi connectivity index (χ3n) is 1.21. The summed E-state index contributed by atoms with van der Waals surface area (Å²) in [5.41, 5.74) is 0. The van der Waals surface area contributed by atoms with E-state index in [0.29, 0.717) is 18.4 Å². The second-order valence-electron chi connectivity index (χ2n) is 3.17. The Morgan fingerprint density at radius 2 is 1.83 bits per heavy atom. The number of ether oxygens (including phenoxy) is 1. The second kappa shape index (κ2) is 8.25. The Morgan fingerprint density at radius 3 is 2.08 bits per heavy atom. The van der Waals surface area contributed by atoms with Gasteiger partial charge in [0.05, 0.1) is 0 Å². The van der Waals surface area contributed by atoms with Crippen LogP contribution >= 0.6 is 0 Å². The van der Waals surface area contributed by atoms with E-state index in [1.165, 1.54) is 0 Å². The molecule has 0 saturated heterocycles. The van der Waals surface area contributed by atoms with E-state index in [0.717, 1.165) is 5.76 Å². The standard InChI is InChI=1S/C10H18O.Y/c1-6-11-10(9(4)5)7-8(2)3;/h8-9H,1,6H2,2-5H3;/q-2;. The van der Waals surface area contributed by atoms with E-state index in [4.69, 9.17) is 4.74 Å². The van der Waals surface area contributed by atoms with E-state index in [-0.39, 0.29) is 32.7 Å². The molecule has 0 saturated carbocycles. The first-order valence-electron chi connectivity index (χ1n) is 4.13. The Balaban J connectivity index is 0. The molecule has 0 rings (SSSR count). The molecule has 2 heteroatoms. The van der Waals surface area contributed by atoms with E-state index in [9.17, 15) is 0 Å². The number of hydrogen-bond acceptors (Lipinski definition) is 1. The maximum absolute atomic E-state index is 5.31. The first-order valence-corrected chi connectivity index (χ1v) is 4.13. The third-order valence-corrected chi connectivity index (χ3v) is 1.21. The molecule has 0 heterocycles. The van der Waals surface area contributed by atoms with Crippen LogP contribution in [-0.4, -0.2) is 6.61 Å². The van der Waals surface area contributed by atoms with Gasteiger partial charge in [0, 0.05) is 32.7 Å². The molecule has 0 amide bonds. The summed E-state index contributed by atoms with van der Waals surface area (Å²) in [6.07, 6.45) is 3.23. The molecule has 0 aromatic heterocycles. The van der Waals surface area contributed by atoms with Crippen LogP contribution < -0.4 is 0 Å². The van der Waals surface area contributed by atoms with Gasteiger partial charge in [0.1, 0.15) is 0 Å². The summed E-state index contributed by atoms with van der Waals surface area (Å²) >= 11 is 0. The van der Waals surface area contributed by atoms with Gasteiger partial charge in [-0.15, -0.1) is 0 Å². The minimum atomic E-state index is 0. The first-order chi connectivity index (χ1) is 5.07. The molecule has 0 atom stereocenters. The van der Waals surface area contributed by atoms with Crippen LogP contribution in [0.25, 0.3) is 0 Å². The zero-order valence-corrected chi connectivity index (χ0v) is 11.4. The van der Waals surface area contributed by atoms with Crippen LogP contribution in [0.2, 0.25) is 0 Å². The van der Waals surface area contributed by atoms with Gasteiger partial charge in [0.25, 0.3) is 0 Å². The third kappa shape index (κ3) is 7.30. The van der Waals surface area contributed by atoms with Gasteiger partial charge in [-0.3, -0.25) is 0 Å². The monoisotopic (exact) mass is 243 g/mol. The molecule has 0 aromatic carbocycles. The Bertz CT molecular complexity index is 128. The topological polar surface area (TPSA) is 9.23 Å². The number of rotatable bonds is 4. The molecule has 0 bridgehead atoms. The quantitative estimate of drug-likeness (QED) is 0.545. The van der Waals surface area contributed by atoms with Gasteiger partial charge >= 0.3 is 0 Å². The smallest absolute Gasteiger partial charge is 0 e. The summed E-state index contributed by atoms with van der Waals surface area (Å²) in [5, 5.41) is 0. The van der Waals surface area contributed by atoms with Crippen LogP contribution in [0.4, 0.5) is 0 Å². The second-order valence-corrected chi connectivity index (χ2v) is 3.17. The molecule has 0 aromatic rings. The van der Waals surface area contributed by atoms with Crippen molar-refractivity contribution < 1.29 is 37.4 Å². The maximum atomic E-state index is 5.31. The van der Waals surface area contributed by atoms with Crippen molar-refractivity contribution in [2.24, 2.45) is 11.8 Å². The molecule has 12 heavy (non-hydrogen) atoms. The van der Waals surface area contributed by atoms with Crippen molar-refractivity contribution in [3.63, 3.8) is 0 Å². The van der Waals surface area contributed by atoms with Crippen molar-refractivity contribution in [3.8, 4) is 0 Å². The van der Waals surface area contributed by atoms with E-state index in [1.54, 1.807) is 0 Å². The fourth-order valence-electron chi connectivity index (χ4n) is 0.769. The molecular weight excluding hydrogens is 225 g/mol. The Labute approximate surface area is 102 Å². The molecule has 0 aliphatic carbocycles. The van der Waals surface area contributed by atoms with Gasteiger partial charge in [-0.1, -0.05) is 33.5 Å².